The van der Waals surface area contributed by atoms with Gasteiger partial charge >= 0.3 is 5.97 Å². The Hall–Kier alpha value is -3.56. The van der Waals surface area contributed by atoms with Gasteiger partial charge in [-0.1, -0.05) is 35.4 Å². The molecule has 8 nitrogen and oxygen atoms in total. The second-order valence-corrected chi connectivity index (χ2v) is 9.93. The van der Waals surface area contributed by atoms with Crippen molar-refractivity contribution in [3.05, 3.63) is 82.4 Å². The van der Waals surface area contributed by atoms with Crippen LogP contribution in [-0.2, 0) is 19.6 Å². The van der Waals surface area contributed by atoms with E-state index < -0.39 is 28.4 Å². The molecule has 10 heteroatoms. The number of halogens is 1. The first-order chi connectivity index (χ1) is 16.6. The minimum absolute atomic E-state index is 0.0201. The third kappa shape index (κ3) is 5.75. The van der Waals surface area contributed by atoms with E-state index in [0.29, 0.717) is 17.0 Å². The highest BCUT2D eigenvalue weighted by atomic mass is 35.5. The van der Waals surface area contributed by atoms with E-state index in [-0.39, 0.29) is 21.2 Å². The highest BCUT2D eigenvalue weighted by Crippen LogP contribution is 2.32. The van der Waals surface area contributed by atoms with Crippen LogP contribution in [-0.4, -0.2) is 41.1 Å². The average molecular weight is 517 g/mol. The molecule has 0 saturated carbocycles. The summed E-state index contributed by atoms with van der Waals surface area (Å²) in [5.74, 6) is -0.796. The molecular formula is C25H25ClN2O6S. The Morgan fingerprint density at radius 2 is 1.69 bits per heavy atom. The molecule has 0 bridgehead atoms. The van der Waals surface area contributed by atoms with Crippen molar-refractivity contribution in [2.75, 3.05) is 30.4 Å². The van der Waals surface area contributed by atoms with Crippen LogP contribution in [0.4, 0.5) is 11.4 Å². The van der Waals surface area contributed by atoms with Crippen molar-refractivity contribution in [2.24, 2.45) is 0 Å². The van der Waals surface area contributed by atoms with Crippen molar-refractivity contribution in [3.63, 3.8) is 0 Å². The van der Waals surface area contributed by atoms with Crippen LogP contribution in [0.15, 0.2) is 65.6 Å². The van der Waals surface area contributed by atoms with Gasteiger partial charge in [-0.05, 0) is 61.9 Å². The summed E-state index contributed by atoms with van der Waals surface area (Å²) in [7, 11) is -1.42. The predicted octanol–water partition coefficient (Wildman–Crippen LogP) is 4.59. The van der Waals surface area contributed by atoms with E-state index in [2.05, 4.69) is 5.32 Å². The molecule has 0 saturated heterocycles. The van der Waals surface area contributed by atoms with E-state index in [1.807, 2.05) is 6.92 Å². The van der Waals surface area contributed by atoms with E-state index in [1.165, 1.54) is 44.6 Å². The number of amides is 1. The van der Waals surface area contributed by atoms with Crippen molar-refractivity contribution in [1.82, 2.24) is 0 Å². The first-order valence-electron chi connectivity index (χ1n) is 10.5. The fourth-order valence-corrected chi connectivity index (χ4v) is 5.05. The van der Waals surface area contributed by atoms with Gasteiger partial charge in [-0.15, -0.1) is 0 Å². The Bertz CT molecular complexity index is 1360. The lowest BCUT2D eigenvalue weighted by molar-refractivity contribution is -0.114. The number of aryl methyl sites for hydroxylation is 1. The molecule has 0 aromatic heterocycles. The number of hydrogen-bond acceptors (Lipinski definition) is 6. The van der Waals surface area contributed by atoms with Gasteiger partial charge in [-0.3, -0.25) is 9.10 Å². The van der Waals surface area contributed by atoms with E-state index in [4.69, 9.17) is 21.1 Å². The van der Waals surface area contributed by atoms with Crippen molar-refractivity contribution in [1.29, 1.82) is 0 Å². The maximum Gasteiger partial charge on any atom is 0.338 e. The number of methoxy groups -OCH3 is 2. The number of nitrogens with zero attached hydrogens (tertiary/aromatic N) is 1. The topological polar surface area (TPSA) is 102 Å². The maximum atomic E-state index is 13.6. The monoisotopic (exact) mass is 516 g/mol. The van der Waals surface area contributed by atoms with Gasteiger partial charge < -0.3 is 14.8 Å². The zero-order chi connectivity index (χ0) is 25.8. The Morgan fingerprint density at radius 1 is 1.00 bits per heavy atom. The van der Waals surface area contributed by atoms with E-state index in [0.717, 1.165) is 9.87 Å². The van der Waals surface area contributed by atoms with E-state index >= 15 is 0 Å². The van der Waals surface area contributed by atoms with Crippen LogP contribution < -0.4 is 14.4 Å². The van der Waals surface area contributed by atoms with Crippen LogP contribution in [0.1, 0.15) is 21.5 Å². The maximum absolute atomic E-state index is 13.6. The summed E-state index contributed by atoms with van der Waals surface area (Å²) in [6.45, 7) is 2.96. The first-order valence-corrected chi connectivity index (χ1v) is 12.3. The minimum Gasteiger partial charge on any atom is -0.495 e. The van der Waals surface area contributed by atoms with E-state index in [9.17, 15) is 18.0 Å². The number of benzene rings is 3. The van der Waals surface area contributed by atoms with Gasteiger partial charge in [0, 0.05) is 5.69 Å². The lowest BCUT2D eigenvalue weighted by Gasteiger charge is -2.25. The molecule has 3 rings (SSSR count). The van der Waals surface area contributed by atoms with Gasteiger partial charge in [-0.25, -0.2) is 13.2 Å². The van der Waals surface area contributed by atoms with Gasteiger partial charge in [0.05, 0.1) is 35.4 Å². The number of rotatable bonds is 8. The number of nitrogens with one attached hydrogen (secondary N) is 1. The molecule has 0 aliphatic carbocycles. The summed E-state index contributed by atoms with van der Waals surface area (Å²) in [5, 5.41) is 2.88. The Balaban J connectivity index is 1.99. The Morgan fingerprint density at radius 3 is 2.29 bits per heavy atom. The number of hydrogen-bond donors (Lipinski definition) is 1. The van der Waals surface area contributed by atoms with Crippen molar-refractivity contribution in [3.8, 4) is 5.75 Å². The smallest absolute Gasteiger partial charge is 0.338 e. The molecular weight excluding hydrogens is 492 g/mol. The first kappa shape index (κ1) is 26.1. The standard InChI is InChI=1S/C25H25ClN2O6S/c1-16-8-11-19(12-9-16)35(31,32)28(18-10-13-23(33-3)21(26)14-18)15-24(29)27-22-7-5-6-20(17(22)2)25(30)34-4/h5-14H,15H2,1-4H3,(H,27,29). The summed E-state index contributed by atoms with van der Waals surface area (Å²) >= 11 is 6.25. The number of ether oxygens (including phenoxy) is 2. The predicted molar refractivity (Wildman–Crippen MR) is 135 cm³/mol. The summed E-state index contributed by atoms with van der Waals surface area (Å²) in [5.41, 5.74) is 2.22. The molecule has 0 radical (unpaired) electrons. The average Bonchev–Trinajstić information content (AvgIpc) is 2.83. The molecule has 1 amide bonds. The van der Waals surface area contributed by atoms with Crippen LogP contribution in [0.2, 0.25) is 5.02 Å². The lowest BCUT2D eigenvalue weighted by atomic mass is 10.1. The van der Waals surface area contributed by atoms with Gasteiger partial charge in [-0.2, -0.15) is 0 Å². The Labute approximate surface area is 209 Å². The molecule has 0 spiro atoms. The molecule has 35 heavy (non-hydrogen) atoms. The van der Waals surface area contributed by atoms with Crippen molar-refractivity contribution < 1.29 is 27.5 Å². The molecule has 0 atom stereocenters. The van der Waals surface area contributed by atoms with E-state index in [1.54, 1.807) is 37.3 Å². The number of anilines is 2. The largest absolute Gasteiger partial charge is 0.495 e. The Kier molecular flexibility index (Phi) is 8.03. The molecule has 0 fully saturated rings. The van der Waals surface area contributed by atoms with Crippen LogP contribution in [0.5, 0.6) is 5.75 Å². The molecule has 0 unspecified atom stereocenters. The second kappa shape index (κ2) is 10.8. The van der Waals surface area contributed by atoms with Crippen LogP contribution in [0.25, 0.3) is 0 Å². The SMILES string of the molecule is COC(=O)c1cccc(NC(=O)CN(c2ccc(OC)c(Cl)c2)S(=O)(=O)c2ccc(C)cc2)c1C. The molecule has 1 N–H and O–H groups in total. The summed E-state index contributed by atoms with van der Waals surface area (Å²) in [6, 6.07) is 15.5. The fraction of sp³-hybridized carbons (Fsp3) is 0.200. The number of sulfonamides is 1. The third-order valence-electron chi connectivity index (χ3n) is 5.33. The summed E-state index contributed by atoms with van der Waals surface area (Å²) in [4.78, 5) is 25.1. The molecule has 184 valence electrons. The molecule has 0 heterocycles. The molecule has 0 aliphatic heterocycles. The zero-order valence-electron chi connectivity index (χ0n) is 19.7. The molecule has 3 aromatic carbocycles. The highest BCUT2D eigenvalue weighted by molar-refractivity contribution is 7.92. The number of carbonyl (C=O) groups is 2. The van der Waals surface area contributed by atoms with Crippen LogP contribution in [0, 0.1) is 13.8 Å². The minimum atomic E-state index is -4.13. The van der Waals surface area contributed by atoms with Gasteiger partial charge in [0.2, 0.25) is 5.91 Å². The van der Waals surface area contributed by atoms with Gasteiger partial charge in [0.1, 0.15) is 12.3 Å². The van der Waals surface area contributed by atoms with Crippen LogP contribution >= 0.6 is 11.6 Å². The normalized spacial score (nSPS) is 11.0. The fourth-order valence-electron chi connectivity index (χ4n) is 3.39. The summed E-state index contributed by atoms with van der Waals surface area (Å²) in [6.07, 6.45) is 0. The zero-order valence-corrected chi connectivity index (χ0v) is 21.2. The summed E-state index contributed by atoms with van der Waals surface area (Å²) < 4.78 is 38.0. The molecule has 3 aromatic rings. The quantitative estimate of drug-likeness (QED) is 0.439. The van der Waals surface area contributed by atoms with Crippen LogP contribution in [0.3, 0.4) is 0 Å². The second-order valence-electron chi connectivity index (χ2n) is 7.66. The lowest BCUT2D eigenvalue weighted by Crippen LogP contribution is -2.38. The molecule has 0 aliphatic rings. The third-order valence-corrected chi connectivity index (χ3v) is 7.42. The highest BCUT2D eigenvalue weighted by Gasteiger charge is 2.28. The van der Waals surface area contributed by atoms with Gasteiger partial charge in [0.25, 0.3) is 10.0 Å². The number of esters is 1. The van der Waals surface area contributed by atoms with Crippen molar-refractivity contribution in [2.45, 2.75) is 18.7 Å². The van der Waals surface area contributed by atoms with Crippen molar-refractivity contribution >= 4 is 44.9 Å². The number of carbonyl (C=O) groups excluding carboxylic acids is 2. The van der Waals surface area contributed by atoms with Gasteiger partial charge in [0.15, 0.2) is 0 Å².